The number of aliphatic hydroxyl groups excluding tert-OH is 2. The van der Waals surface area contributed by atoms with Crippen LogP contribution in [0, 0.1) is 0 Å². The molecular weight excluding hydrogens is 220 g/mol. The molecule has 5 nitrogen and oxygen atoms in total. The number of aliphatic hydroxyl groups is 2. The van der Waals surface area contributed by atoms with E-state index in [0.29, 0.717) is 18.7 Å². The highest BCUT2D eigenvalue weighted by molar-refractivity contribution is 5.94. The Morgan fingerprint density at radius 1 is 1.29 bits per heavy atom. The number of hydrogen-bond donors (Lipinski definition) is 3. The summed E-state index contributed by atoms with van der Waals surface area (Å²) in [5, 5.41) is 20.4. The van der Waals surface area contributed by atoms with Crippen molar-refractivity contribution in [3.05, 3.63) is 29.8 Å². The highest BCUT2D eigenvalue weighted by Crippen LogP contribution is 2.15. The first-order chi connectivity index (χ1) is 8.22. The molecule has 0 bridgehead atoms. The van der Waals surface area contributed by atoms with Crippen LogP contribution in [-0.4, -0.2) is 49.5 Å². The Kier molecular flexibility index (Phi) is 5.45. The van der Waals surface area contributed by atoms with Crippen LogP contribution in [0.2, 0.25) is 0 Å². The van der Waals surface area contributed by atoms with Gasteiger partial charge >= 0.3 is 0 Å². The van der Waals surface area contributed by atoms with Crippen LogP contribution in [0.25, 0.3) is 0 Å². The van der Waals surface area contributed by atoms with E-state index < -0.39 is 0 Å². The fourth-order valence-corrected chi connectivity index (χ4v) is 1.60. The quantitative estimate of drug-likeness (QED) is 0.644. The molecule has 1 aromatic carbocycles. The topological polar surface area (TPSA) is 72.8 Å². The number of amides is 1. The van der Waals surface area contributed by atoms with Crippen molar-refractivity contribution in [3.8, 4) is 0 Å². The largest absolute Gasteiger partial charge is 0.395 e. The number of benzene rings is 1. The third-order valence-corrected chi connectivity index (χ3v) is 2.44. The summed E-state index contributed by atoms with van der Waals surface area (Å²) in [5.74, 6) is -0.153. The maximum atomic E-state index is 11.5. The van der Waals surface area contributed by atoms with Crippen molar-refractivity contribution in [3.63, 3.8) is 0 Å². The highest BCUT2D eigenvalue weighted by atomic mass is 16.3. The number of rotatable bonds is 6. The molecule has 0 aliphatic heterocycles. The van der Waals surface area contributed by atoms with E-state index >= 15 is 0 Å². The lowest BCUT2D eigenvalue weighted by Gasteiger charge is -2.23. The van der Waals surface area contributed by atoms with Gasteiger partial charge in [0.05, 0.1) is 13.2 Å². The van der Waals surface area contributed by atoms with E-state index in [9.17, 15) is 4.79 Å². The molecule has 0 atom stereocenters. The first-order valence-corrected chi connectivity index (χ1v) is 5.51. The molecule has 1 amide bonds. The second kappa shape index (κ2) is 6.88. The summed E-state index contributed by atoms with van der Waals surface area (Å²) in [6.07, 6.45) is 0. The zero-order valence-electron chi connectivity index (χ0n) is 9.89. The summed E-state index contributed by atoms with van der Waals surface area (Å²) in [7, 11) is 1.58. The average molecular weight is 238 g/mol. The minimum Gasteiger partial charge on any atom is -0.395 e. The Balaban J connectivity index is 2.91. The van der Waals surface area contributed by atoms with Gasteiger partial charge in [-0.15, -0.1) is 0 Å². The summed E-state index contributed by atoms with van der Waals surface area (Å²) >= 11 is 0. The van der Waals surface area contributed by atoms with Crippen LogP contribution in [-0.2, 0) is 0 Å². The molecule has 0 fully saturated rings. The van der Waals surface area contributed by atoms with Crippen LogP contribution in [0.15, 0.2) is 24.3 Å². The van der Waals surface area contributed by atoms with Gasteiger partial charge in [0.2, 0.25) is 0 Å². The Labute approximate surface area is 101 Å². The van der Waals surface area contributed by atoms with E-state index in [2.05, 4.69) is 5.32 Å². The van der Waals surface area contributed by atoms with Gasteiger partial charge in [0.15, 0.2) is 0 Å². The van der Waals surface area contributed by atoms with Crippen molar-refractivity contribution < 1.29 is 15.0 Å². The molecule has 0 aliphatic carbocycles. The van der Waals surface area contributed by atoms with Crippen LogP contribution >= 0.6 is 0 Å². The molecule has 3 N–H and O–H groups in total. The van der Waals surface area contributed by atoms with E-state index in [1.807, 2.05) is 11.0 Å². The van der Waals surface area contributed by atoms with Crippen LogP contribution in [0.3, 0.4) is 0 Å². The van der Waals surface area contributed by atoms with Crippen LogP contribution < -0.4 is 10.2 Å². The van der Waals surface area contributed by atoms with Crippen molar-refractivity contribution in [2.24, 2.45) is 0 Å². The van der Waals surface area contributed by atoms with Gasteiger partial charge in [-0.3, -0.25) is 4.79 Å². The second-order valence-electron chi connectivity index (χ2n) is 3.56. The van der Waals surface area contributed by atoms with Crippen molar-refractivity contribution in [2.75, 3.05) is 38.3 Å². The lowest BCUT2D eigenvalue weighted by molar-refractivity contribution is 0.0963. The fraction of sp³-hybridized carbons (Fsp3) is 0.417. The molecule has 0 saturated heterocycles. The van der Waals surface area contributed by atoms with Gasteiger partial charge in [-0.05, 0) is 18.2 Å². The molecule has 94 valence electrons. The van der Waals surface area contributed by atoms with E-state index in [0.717, 1.165) is 5.69 Å². The molecule has 0 heterocycles. The number of carbonyl (C=O) groups is 1. The molecule has 0 saturated carbocycles. The van der Waals surface area contributed by atoms with Gasteiger partial charge < -0.3 is 20.4 Å². The number of hydrogen-bond acceptors (Lipinski definition) is 4. The SMILES string of the molecule is CNC(=O)c1cccc(N(CCO)CCO)c1. The van der Waals surface area contributed by atoms with Gasteiger partial charge in [-0.2, -0.15) is 0 Å². The predicted molar refractivity (Wildman–Crippen MR) is 66.2 cm³/mol. The molecule has 1 rings (SSSR count). The van der Waals surface area contributed by atoms with Crippen molar-refractivity contribution >= 4 is 11.6 Å². The molecule has 0 aliphatic rings. The first kappa shape index (κ1) is 13.5. The minimum atomic E-state index is -0.153. The second-order valence-corrected chi connectivity index (χ2v) is 3.56. The molecular formula is C12H18N2O3. The number of nitrogens with one attached hydrogen (secondary N) is 1. The number of carbonyl (C=O) groups excluding carboxylic acids is 1. The molecule has 0 radical (unpaired) electrons. The lowest BCUT2D eigenvalue weighted by atomic mass is 10.1. The molecule has 1 aromatic rings. The zero-order valence-corrected chi connectivity index (χ0v) is 9.89. The summed E-state index contributed by atoms with van der Waals surface area (Å²) in [4.78, 5) is 13.3. The van der Waals surface area contributed by atoms with E-state index in [1.54, 1.807) is 25.2 Å². The summed E-state index contributed by atoms with van der Waals surface area (Å²) < 4.78 is 0. The molecule has 0 spiro atoms. The molecule has 0 aromatic heterocycles. The smallest absolute Gasteiger partial charge is 0.251 e. The van der Waals surface area contributed by atoms with Gasteiger partial charge in [0.1, 0.15) is 0 Å². The predicted octanol–water partition coefficient (Wildman–Crippen LogP) is -0.163. The van der Waals surface area contributed by atoms with Crippen LogP contribution in [0.1, 0.15) is 10.4 Å². The van der Waals surface area contributed by atoms with Crippen LogP contribution in [0.5, 0.6) is 0 Å². The summed E-state index contributed by atoms with van der Waals surface area (Å²) in [5.41, 5.74) is 1.38. The number of anilines is 1. The molecule has 0 unspecified atom stereocenters. The lowest BCUT2D eigenvalue weighted by Crippen LogP contribution is -2.30. The fourth-order valence-electron chi connectivity index (χ4n) is 1.60. The third kappa shape index (κ3) is 3.72. The Bertz CT molecular complexity index is 363. The van der Waals surface area contributed by atoms with Gasteiger partial charge in [-0.1, -0.05) is 6.07 Å². The highest BCUT2D eigenvalue weighted by Gasteiger charge is 2.08. The van der Waals surface area contributed by atoms with Crippen molar-refractivity contribution in [1.29, 1.82) is 0 Å². The van der Waals surface area contributed by atoms with Crippen molar-refractivity contribution in [1.82, 2.24) is 5.32 Å². The average Bonchev–Trinajstić information content (AvgIpc) is 2.37. The van der Waals surface area contributed by atoms with Gasteiger partial charge in [-0.25, -0.2) is 0 Å². The summed E-state index contributed by atoms with van der Waals surface area (Å²) in [6, 6.07) is 7.09. The maximum Gasteiger partial charge on any atom is 0.251 e. The minimum absolute atomic E-state index is 0.00417. The Hall–Kier alpha value is -1.59. The first-order valence-electron chi connectivity index (χ1n) is 5.51. The maximum absolute atomic E-state index is 11.5. The molecule has 17 heavy (non-hydrogen) atoms. The normalized spacial score (nSPS) is 10.1. The van der Waals surface area contributed by atoms with Gasteiger partial charge in [0, 0.05) is 31.4 Å². The van der Waals surface area contributed by atoms with E-state index in [1.165, 1.54) is 0 Å². The number of nitrogens with zero attached hydrogens (tertiary/aromatic N) is 1. The monoisotopic (exact) mass is 238 g/mol. The Morgan fingerprint density at radius 3 is 2.47 bits per heavy atom. The third-order valence-electron chi connectivity index (χ3n) is 2.44. The van der Waals surface area contributed by atoms with E-state index in [4.69, 9.17) is 10.2 Å². The Morgan fingerprint density at radius 2 is 1.94 bits per heavy atom. The standard InChI is InChI=1S/C12H18N2O3/c1-13-12(17)10-3-2-4-11(9-10)14(5-7-15)6-8-16/h2-4,9,15-16H,5-8H2,1H3,(H,13,17). The van der Waals surface area contributed by atoms with Crippen LogP contribution in [0.4, 0.5) is 5.69 Å². The molecule has 5 heteroatoms. The zero-order chi connectivity index (χ0) is 12.7. The van der Waals surface area contributed by atoms with E-state index in [-0.39, 0.29) is 19.1 Å². The van der Waals surface area contributed by atoms with Crippen molar-refractivity contribution in [2.45, 2.75) is 0 Å². The van der Waals surface area contributed by atoms with Gasteiger partial charge in [0.25, 0.3) is 5.91 Å². The summed E-state index contributed by atoms with van der Waals surface area (Å²) in [6.45, 7) is 0.865.